The molecule has 0 aliphatic carbocycles. The van der Waals surface area contributed by atoms with E-state index in [1.54, 1.807) is 17.4 Å². The molecule has 3 nitrogen and oxygen atoms in total. The summed E-state index contributed by atoms with van der Waals surface area (Å²) in [5.41, 5.74) is 1.21. The van der Waals surface area contributed by atoms with E-state index < -0.39 is 0 Å². The van der Waals surface area contributed by atoms with Gasteiger partial charge in [0.2, 0.25) is 0 Å². The molecule has 0 aromatic carbocycles. The zero-order valence-corrected chi connectivity index (χ0v) is 5.95. The third-order valence-corrected chi connectivity index (χ3v) is 1.66. The van der Waals surface area contributed by atoms with Crippen LogP contribution in [0.5, 0.6) is 0 Å². The minimum absolute atomic E-state index is 0.239. The minimum atomic E-state index is -0.239. The van der Waals surface area contributed by atoms with Crippen molar-refractivity contribution >= 4 is 5.65 Å². The van der Waals surface area contributed by atoms with Crippen molar-refractivity contribution in [3.8, 4) is 0 Å². The second-order valence-corrected chi connectivity index (χ2v) is 2.33. The predicted molar refractivity (Wildman–Crippen MR) is 37.7 cm³/mol. The number of rotatable bonds is 0. The molecule has 0 atom stereocenters. The number of hydrogen-bond donors (Lipinski definition) is 0. The van der Waals surface area contributed by atoms with Crippen LogP contribution in [0.25, 0.3) is 5.65 Å². The Labute approximate surface area is 62.5 Å². The summed E-state index contributed by atoms with van der Waals surface area (Å²) in [7, 11) is 0. The van der Waals surface area contributed by atoms with Crippen LogP contribution in [-0.2, 0) is 0 Å². The standard InChI is InChI=1S/C7H6FN3/c1-5-6(8)2-3-7-10-9-4-11(5)7/h2-4H,1H3. The van der Waals surface area contributed by atoms with Crippen LogP contribution in [0.4, 0.5) is 4.39 Å². The van der Waals surface area contributed by atoms with E-state index in [4.69, 9.17) is 0 Å². The first-order valence-corrected chi connectivity index (χ1v) is 3.24. The van der Waals surface area contributed by atoms with Crippen molar-refractivity contribution in [1.82, 2.24) is 14.6 Å². The molecule has 0 aliphatic rings. The van der Waals surface area contributed by atoms with E-state index in [-0.39, 0.29) is 5.82 Å². The van der Waals surface area contributed by atoms with Crippen molar-refractivity contribution in [2.75, 3.05) is 0 Å². The number of hydrogen-bond acceptors (Lipinski definition) is 2. The lowest BCUT2D eigenvalue weighted by molar-refractivity contribution is 0.606. The van der Waals surface area contributed by atoms with Crippen molar-refractivity contribution < 1.29 is 4.39 Å². The topological polar surface area (TPSA) is 30.2 Å². The Balaban J connectivity index is 2.93. The van der Waals surface area contributed by atoms with Gasteiger partial charge in [-0.1, -0.05) is 0 Å². The lowest BCUT2D eigenvalue weighted by Crippen LogP contribution is -1.92. The number of halogens is 1. The molecular weight excluding hydrogens is 145 g/mol. The van der Waals surface area contributed by atoms with Crippen molar-refractivity contribution in [2.45, 2.75) is 6.92 Å². The highest BCUT2D eigenvalue weighted by Crippen LogP contribution is 2.07. The largest absolute Gasteiger partial charge is 0.283 e. The Morgan fingerprint density at radius 3 is 3.09 bits per heavy atom. The molecule has 56 valence electrons. The molecule has 0 saturated heterocycles. The van der Waals surface area contributed by atoms with Crippen LogP contribution in [0, 0.1) is 12.7 Å². The molecule has 0 bridgehead atoms. The van der Waals surface area contributed by atoms with Gasteiger partial charge in [0.25, 0.3) is 0 Å². The summed E-state index contributed by atoms with van der Waals surface area (Å²) in [6.45, 7) is 1.69. The van der Waals surface area contributed by atoms with Crippen LogP contribution in [0.2, 0.25) is 0 Å². The number of aryl methyl sites for hydroxylation is 1. The molecule has 0 radical (unpaired) electrons. The van der Waals surface area contributed by atoms with Crippen LogP contribution in [0.15, 0.2) is 18.5 Å². The highest BCUT2D eigenvalue weighted by Gasteiger charge is 2.01. The Hall–Kier alpha value is -1.45. The molecule has 2 aromatic heterocycles. The zero-order valence-electron chi connectivity index (χ0n) is 5.95. The Bertz CT molecular complexity index is 393. The van der Waals surface area contributed by atoms with Gasteiger partial charge in [0.1, 0.15) is 12.1 Å². The quantitative estimate of drug-likeness (QED) is 0.565. The molecule has 4 heteroatoms. The number of nitrogens with zero attached hydrogens (tertiary/aromatic N) is 3. The monoisotopic (exact) mass is 151 g/mol. The van der Waals surface area contributed by atoms with Gasteiger partial charge in [-0.3, -0.25) is 4.40 Å². The van der Waals surface area contributed by atoms with Crippen molar-refractivity contribution in [2.24, 2.45) is 0 Å². The molecule has 0 spiro atoms. The average molecular weight is 151 g/mol. The van der Waals surface area contributed by atoms with Gasteiger partial charge in [-0.25, -0.2) is 4.39 Å². The first-order valence-electron chi connectivity index (χ1n) is 3.24. The fraction of sp³-hybridized carbons (Fsp3) is 0.143. The number of fused-ring (bicyclic) bond motifs is 1. The number of pyridine rings is 1. The highest BCUT2D eigenvalue weighted by atomic mass is 19.1. The smallest absolute Gasteiger partial charge is 0.160 e. The van der Waals surface area contributed by atoms with Gasteiger partial charge in [0.15, 0.2) is 5.65 Å². The van der Waals surface area contributed by atoms with E-state index in [2.05, 4.69) is 10.2 Å². The van der Waals surface area contributed by atoms with Crippen LogP contribution in [0.3, 0.4) is 0 Å². The Morgan fingerprint density at radius 1 is 1.45 bits per heavy atom. The van der Waals surface area contributed by atoms with E-state index >= 15 is 0 Å². The lowest BCUT2D eigenvalue weighted by atomic mass is 10.3. The average Bonchev–Trinajstić information content (AvgIpc) is 2.45. The molecule has 0 saturated carbocycles. The van der Waals surface area contributed by atoms with Crippen molar-refractivity contribution in [1.29, 1.82) is 0 Å². The summed E-state index contributed by atoms with van der Waals surface area (Å²) in [5, 5.41) is 7.42. The molecule has 11 heavy (non-hydrogen) atoms. The van der Waals surface area contributed by atoms with Gasteiger partial charge in [0, 0.05) is 0 Å². The minimum Gasteiger partial charge on any atom is -0.283 e. The van der Waals surface area contributed by atoms with Crippen LogP contribution in [-0.4, -0.2) is 14.6 Å². The first-order chi connectivity index (χ1) is 5.29. The normalized spacial score (nSPS) is 10.7. The van der Waals surface area contributed by atoms with E-state index in [1.807, 2.05) is 0 Å². The maximum atomic E-state index is 12.8. The van der Waals surface area contributed by atoms with Gasteiger partial charge in [-0.15, -0.1) is 10.2 Å². The molecule has 2 aromatic rings. The molecule has 2 heterocycles. The van der Waals surface area contributed by atoms with Crippen LogP contribution >= 0.6 is 0 Å². The maximum absolute atomic E-state index is 12.8. The maximum Gasteiger partial charge on any atom is 0.160 e. The number of aromatic nitrogens is 3. The third-order valence-electron chi connectivity index (χ3n) is 1.66. The van der Waals surface area contributed by atoms with Crippen molar-refractivity contribution in [3.63, 3.8) is 0 Å². The third kappa shape index (κ3) is 0.790. The summed E-state index contributed by atoms with van der Waals surface area (Å²) >= 11 is 0. The molecule has 0 aliphatic heterocycles. The summed E-state index contributed by atoms with van der Waals surface area (Å²) < 4.78 is 14.5. The van der Waals surface area contributed by atoms with Gasteiger partial charge in [0.05, 0.1) is 5.69 Å². The molecule has 0 fully saturated rings. The van der Waals surface area contributed by atoms with Gasteiger partial charge in [-0.05, 0) is 19.1 Å². The van der Waals surface area contributed by atoms with Crippen molar-refractivity contribution in [3.05, 3.63) is 30.0 Å². The van der Waals surface area contributed by atoms with E-state index in [1.165, 1.54) is 12.4 Å². The molecule has 0 N–H and O–H groups in total. The SMILES string of the molecule is Cc1c(F)ccc2nncn12. The predicted octanol–water partition coefficient (Wildman–Crippen LogP) is 1.18. The first kappa shape index (κ1) is 6.27. The molecule has 2 rings (SSSR count). The molecule has 0 unspecified atom stereocenters. The second kappa shape index (κ2) is 2.02. The lowest BCUT2D eigenvalue weighted by Gasteiger charge is -1.97. The van der Waals surface area contributed by atoms with Crippen LogP contribution in [0.1, 0.15) is 5.69 Å². The Kier molecular flexibility index (Phi) is 1.15. The fourth-order valence-corrected chi connectivity index (χ4v) is 0.999. The van der Waals surface area contributed by atoms with Crippen LogP contribution < -0.4 is 0 Å². The van der Waals surface area contributed by atoms with E-state index in [0.29, 0.717) is 11.3 Å². The summed E-state index contributed by atoms with van der Waals surface area (Å²) in [6, 6.07) is 2.98. The summed E-state index contributed by atoms with van der Waals surface area (Å²) in [5.74, 6) is -0.239. The molecular formula is C7H6FN3. The highest BCUT2D eigenvalue weighted by molar-refractivity contribution is 5.38. The summed E-state index contributed by atoms with van der Waals surface area (Å²) in [4.78, 5) is 0. The van der Waals surface area contributed by atoms with E-state index in [9.17, 15) is 4.39 Å². The van der Waals surface area contributed by atoms with Gasteiger partial charge >= 0.3 is 0 Å². The summed E-state index contributed by atoms with van der Waals surface area (Å²) in [6.07, 6.45) is 1.49. The molecule has 0 amide bonds. The second-order valence-electron chi connectivity index (χ2n) is 2.33. The zero-order chi connectivity index (χ0) is 7.84. The van der Waals surface area contributed by atoms with E-state index in [0.717, 1.165) is 0 Å². The van der Waals surface area contributed by atoms with Gasteiger partial charge < -0.3 is 0 Å². The Morgan fingerprint density at radius 2 is 2.27 bits per heavy atom. The fourth-order valence-electron chi connectivity index (χ4n) is 0.999. The van der Waals surface area contributed by atoms with Gasteiger partial charge in [-0.2, -0.15) is 0 Å².